The molecule has 5 rings (SSSR count). The number of anilines is 1. The highest BCUT2D eigenvalue weighted by molar-refractivity contribution is 9.10. The van der Waals surface area contributed by atoms with E-state index in [1.165, 1.54) is 19.3 Å². The lowest BCUT2D eigenvalue weighted by molar-refractivity contribution is -0.175. The standard InChI is InChI=1S/C20H24BrNO3/c1-13(17(23)22-16-5-3-2-4-6-16)25-18(24)19-8-14-7-15(9-19)11-20(21,10-14)12-19/h2-6,13-15H,7-12H2,1H3,(H,22,23)/t13-,14-,15+,19?,20?/m1/s1. The Bertz CT molecular complexity index is 675. The van der Waals surface area contributed by atoms with Gasteiger partial charge < -0.3 is 10.1 Å². The van der Waals surface area contributed by atoms with Crippen LogP contribution in [0, 0.1) is 17.3 Å². The van der Waals surface area contributed by atoms with Crippen LogP contribution in [0.2, 0.25) is 0 Å². The molecule has 134 valence electrons. The molecular formula is C20H24BrNO3. The molecule has 1 aromatic carbocycles. The molecule has 0 heterocycles. The minimum Gasteiger partial charge on any atom is -0.452 e. The molecule has 1 aromatic rings. The first-order chi connectivity index (χ1) is 11.9. The van der Waals surface area contributed by atoms with Crippen molar-refractivity contribution in [3.05, 3.63) is 30.3 Å². The van der Waals surface area contributed by atoms with Crippen LogP contribution in [-0.2, 0) is 14.3 Å². The van der Waals surface area contributed by atoms with Crippen molar-refractivity contribution in [3.63, 3.8) is 0 Å². The van der Waals surface area contributed by atoms with Crippen LogP contribution in [0.5, 0.6) is 0 Å². The predicted molar refractivity (Wildman–Crippen MR) is 99.4 cm³/mol. The second-order valence-corrected chi connectivity index (χ2v) is 9.98. The first kappa shape index (κ1) is 17.1. The summed E-state index contributed by atoms with van der Waals surface area (Å²) in [5, 5.41) is 2.80. The fourth-order valence-electron chi connectivity index (χ4n) is 5.49. The van der Waals surface area contributed by atoms with Gasteiger partial charge in [-0.1, -0.05) is 34.1 Å². The molecule has 1 amide bonds. The Labute approximate surface area is 156 Å². The summed E-state index contributed by atoms with van der Waals surface area (Å²) in [6.07, 6.45) is 5.48. The maximum absolute atomic E-state index is 13.0. The number of carbonyl (C=O) groups is 2. The largest absolute Gasteiger partial charge is 0.452 e. The molecule has 5 atom stereocenters. The first-order valence-corrected chi connectivity index (χ1v) is 9.93. The lowest BCUT2D eigenvalue weighted by Gasteiger charge is -2.58. The zero-order valence-electron chi connectivity index (χ0n) is 14.5. The molecule has 0 aromatic heterocycles. The van der Waals surface area contributed by atoms with Crippen LogP contribution in [-0.4, -0.2) is 22.3 Å². The molecule has 4 fully saturated rings. The minimum atomic E-state index is -0.785. The Kier molecular flexibility index (Phi) is 4.18. The zero-order chi connectivity index (χ0) is 17.7. The first-order valence-electron chi connectivity index (χ1n) is 9.13. The van der Waals surface area contributed by atoms with Gasteiger partial charge in [-0.25, -0.2) is 0 Å². The van der Waals surface area contributed by atoms with Crippen molar-refractivity contribution in [1.82, 2.24) is 0 Å². The number of rotatable bonds is 4. The maximum atomic E-state index is 13.0. The topological polar surface area (TPSA) is 55.4 Å². The van der Waals surface area contributed by atoms with E-state index in [1.54, 1.807) is 6.92 Å². The Morgan fingerprint density at radius 3 is 2.40 bits per heavy atom. The van der Waals surface area contributed by atoms with E-state index in [9.17, 15) is 9.59 Å². The number of amides is 1. The number of para-hydroxylation sites is 1. The van der Waals surface area contributed by atoms with Gasteiger partial charge in [0.15, 0.2) is 6.10 Å². The van der Waals surface area contributed by atoms with Crippen molar-refractivity contribution in [2.45, 2.75) is 55.9 Å². The van der Waals surface area contributed by atoms with Gasteiger partial charge in [0.1, 0.15) is 0 Å². The normalized spacial score (nSPS) is 36.7. The molecule has 0 spiro atoms. The third-order valence-corrected chi connectivity index (χ3v) is 7.04. The molecule has 1 N–H and O–H groups in total. The van der Waals surface area contributed by atoms with Gasteiger partial charge in [0.25, 0.3) is 5.91 Å². The summed E-state index contributed by atoms with van der Waals surface area (Å²) in [6, 6.07) is 9.25. The average molecular weight is 406 g/mol. The fourth-order valence-corrected chi connectivity index (χ4v) is 6.95. The molecule has 4 saturated carbocycles. The summed E-state index contributed by atoms with van der Waals surface area (Å²) in [6.45, 7) is 1.65. The highest BCUT2D eigenvalue weighted by Gasteiger charge is 2.60. The molecular weight excluding hydrogens is 382 g/mol. The van der Waals surface area contributed by atoms with Gasteiger partial charge in [0, 0.05) is 10.0 Å². The smallest absolute Gasteiger partial charge is 0.312 e. The lowest BCUT2D eigenvalue weighted by Crippen LogP contribution is -2.56. The monoisotopic (exact) mass is 405 g/mol. The van der Waals surface area contributed by atoms with E-state index in [0.717, 1.165) is 19.3 Å². The highest BCUT2D eigenvalue weighted by Crippen LogP contribution is 2.64. The molecule has 25 heavy (non-hydrogen) atoms. The van der Waals surface area contributed by atoms with Crippen molar-refractivity contribution in [1.29, 1.82) is 0 Å². The number of ether oxygens (including phenoxy) is 1. The molecule has 4 bridgehead atoms. The number of esters is 1. The van der Waals surface area contributed by atoms with Gasteiger partial charge in [-0.05, 0) is 69.4 Å². The molecule has 0 saturated heterocycles. The van der Waals surface area contributed by atoms with E-state index in [0.29, 0.717) is 17.5 Å². The number of hydrogen-bond acceptors (Lipinski definition) is 3. The van der Waals surface area contributed by atoms with Crippen LogP contribution in [0.15, 0.2) is 30.3 Å². The molecule has 0 radical (unpaired) electrons. The predicted octanol–water partition coefficient (Wildman–Crippen LogP) is 4.29. The second kappa shape index (κ2) is 6.11. The lowest BCUT2D eigenvalue weighted by atomic mass is 9.49. The molecule has 4 aliphatic rings. The number of carbonyl (C=O) groups excluding carboxylic acids is 2. The van der Waals surface area contributed by atoms with E-state index in [1.807, 2.05) is 30.3 Å². The van der Waals surface area contributed by atoms with Crippen LogP contribution >= 0.6 is 15.9 Å². The van der Waals surface area contributed by atoms with Crippen LogP contribution in [0.3, 0.4) is 0 Å². The van der Waals surface area contributed by atoms with Gasteiger partial charge in [-0.3, -0.25) is 9.59 Å². The second-order valence-electron chi connectivity index (χ2n) is 8.30. The molecule has 0 aliphatic heterocycles. The van der Waals surface area contributed by atoms with Crippen LogP contribution in [0.25, 0.3) is 0 Å². The van der Waals surface area contributed by atoms with Crippen molar-refractivity contribution >= 4 is 33.5 Å². The van der Waals surface area contributed by atoms with Gasteiger partial charge in [0.05, 0.1) is 5.41 Å². The zero-order valence-corrected chi connectivity index (χ0v) is 16.1. The van der Waals surface area contributed by atoms with Gasteiger partial charge >= 0.3 is 5.97 Å². The quantitative estimate of drug-likeness (QED) is 0.600. The summed E-state index contributed by atoms with van der Waals surface area (Å²) in [5.74, 6) is 0.766. The van der Waals surface area contributed by atoms with Gasteiger partial charge in [-0.15, -0.1) is 0 Å². The van der Waals surface area contributed by atoms with Crippen LogP contribution in [0.4, 0.5) is 5.69 Å². The molecule has 2 unspecified atom stereocenters. The number of hydrogen-bond donors (Lipinski definition) is 1. The third-order valence-electron chi connectivity index (χ3n) is 6.12. The van der Waals surface area contributed by atoms with Crippen molar-refractivity contribution < 1.29 is 14.3 Å². The average Bonchev–Trinajstić information content (AvgIpc) is 2.53. The van der Waals surface area contributed by atoms with E-state index in [-0.39, 0.29) is 16.2 Å². The van der Waals surface area contributed by atoms with E-state index in [2.05, 4.69) is 21.2 Å². The summed E-state index contributed by atoms with van der Waals surface area (Å²) in [5.41, 5.74) is 0.319. The van der Waals surface area contributed by atoms with Crippen LogP contribution < -0.4 is 5.32 Å². The maximum Gasteiger partial charge on any atom is 0.312 e. The van der Waals surface area contributed by atoms with E-state index < -0.39 is 11.5 Å². The van der Waals surface area contributed by atoms with E-state index >= 15 is 0 Å². The summed E-state index contributed by atoms with van der Waals surface area (Å²) < 4.78 is 5.75. The fraction of sp³-hybridized carbons (Fsp3) is 0.600. The van der Waals surface area contributed by atoms with Crippen molar-refractivity contribution in [3.8, 4) is 0 Å². The van der Waals surface area contributed by atoms with E-state index in [4.69, 9.17) is 4.74 Å². The summed E-state index contributed by atoms with van der Waals surface area (Å²) in [4.78, 5) is 25.3. The molecule has 4 aliphatic carbocycles. The SMILES string of the molecule is C[C@@H](OC(=O)C12C[C@@H]3C[C@@H](CC(Br)(C3)C1)C2)C(=O)Nc1ccccc1. The van der Waals surface area contributed by atoms with Gasteiger partial charge in [0.2, 0.25) is 0 Å². The third kappa shape index (κ3) is 3.23. The van der Waals surface area contributed by atoms with Crippen LogP contribution in [0.1, 0.15) is 45.4 Å². The number of alkyl halides is 1. The Morgan fingerprint density at radius 1 is 1.16 bits per heavy atom. The highest BCUT2D eigenvalue weighted by atomic mass is 79.9. The number of nitrogens with one attached hydrogen (secondary N) is 1. The minimum absolute atomic E-state index is 0.103. The Morgan fingerprint density at radius 2 is 1.80 bits per heavy atom. The summed E-state index contributed by atoms with van der Waals surface area (Å²) >= 11 is 3.91. The number of benzene rings is 1. The molecule has 4 nitrogen and oxygen atoms in total. The van der Waals surface area contributed by atoms with Gasteiger partial charge in [-0.2, -0.15) is 0 Å². The Hall–Kier alpha value is -1.36. The number of halogens is 1. The molecule has 5 heteroatoms. The van der Waals surface area contributed by atoms with Crippen molar-refractivity contribution in [2.75, 3.05) is 5.32 Å². The Balaban J connectivity index is 1.42. The summed E-state index contributed by atoms with van der Waals surface area (Å²) in [7, 11) is 0. The van der Waals surface area contributed by atoms with Crippen molar-refractivity contribution in [2.24, 2.45) is 17.3 Å².